The quantitative estimate of drug-likeness (QED) is 0.269. The Morgan fingerprint density at radius 2 is 1.50 bits per heavy atom. The topological polar surface area (TPSA) is 68.0 Å². The minimum Gasteiger partial charge on any atom is -0.460 e. The minimum absolute atomic E-state index is 0.238. The largest absolute Gasteiger partial charge is 0.460 e. The number of hydrogen-bond donors (Lipinski definition) is 1. The molecule has 0 atom stereocenters. The Morgan fingerprint density at radius 3 is 2.28 bits per heavy atom. The van der Waals surface area contributed by atoms with Gasteiger partial charge in [0.15, 0.2) is 10.9 Å². The van der Waals surface area contributed by atoms with Gasteiger partial charge in [-0.25, -0.2) is 9.97 Å². The third-order valence-electron chi connectivity index (χ3n) is 5.97. The summed E-state index contributed by atoms with van der Waals surface area (Å²) in [6, 6.07) is 31.7. The summed E-state index contributed by atoms with van der Waals surface area (Å²) < 4.78 is 5.76. The molecule has 0 aliphatic rings. The van der Waals surface area contributed by atoms with Crippen molar-refractivity contribution in [1.82, 2.24) is 9.97 Å². The van der Waals surface area contributed by atoms with Crippen molar-refractivity contribution in [2.75, 3.05) is 5.32 Å². The Hall–Kier alpha value is -4.55. The number of aryl methyl sites for hydroxylation is 1. The first kappa shape index (κ1) is 21.9. The molecule has 0 saturated carbocycles. The van der Waals surface area contributed by atoms with E-state index in [9.17, 15) is 4.79 Å². The summed E-state index contributed by atoms with van der Waals surface area (Å²) >= 11 is 1.40. The fraction of sp³-hybridized carbons (Fsp3) is 0.0333. The monoisotopic (exact) mass is 487 g/mol. The first-order valence-corrected chi connectivity index (χ1v) is 12.4. The number of pyridine rings is 1. The standard InChI is InChI=1S/C30H21N3O2S/c1-19-11-16-28(35-19)26-17-24(23-9-5-6-10-25(23)31-26)29(34)33-30-32-27(18-36-30)22-14-12-21(13-15-22)20-7-3-2-4-8-20/h2-18H,1H3,(H,32,33,34). The number of anilines is 1. The number of rotatable bonds is 5. The summed E-state index contributed by atoms with van der Waals surface area (Å²) in [4.78, 5) is 22.7. The predicted molar refractivity (Wildman–Crippen MR) is 145 cm³/mol. The van der Waals surface area contributed by atoms with Crippen LogP contribution in [0.25, 0.3) is 44.7 Å². The Bertz CT molecular complexity index is 1690. The number of aromatic nitrogens is 2. The molecule has 0 fully saturated rings. The lowest BCUT2D eigenvalue weighted by Gasteiger charge is -2.08. The van der Waals surface area contributed by atoms with Crippen LogP contribution in [0.1, 0.15) is 16.1 Å². The molecule has 0 saturated heterocycles. The number of carbonyl (C=O) groups excluding carboxylic acids is 1. The van der Waals surface area contributed by atoms with E-state index in [0.29, 0.717) is 22.1 Å². The molecule has 1 N–H and O–H groups in total. The number of hydrogen-bond acceptors (Lipinski definition) is 5. The molecule has 3 aromatic heterocycles. The van der Waals surface area contributed by atoms with E-state index in [0.717, 1.165) is 33.5 Å². The van der Waals surface area contributed by atoms with Crippen LogP contribution >= 0.6 is 11.3 Å². The van der Waals surface area contributed by atoms with Gasteiger partial charge in [0.25, 0.3) is 5.91 Å². The molecule has 3 heterocycles. The highest BCUT2D eigenvalue weighted by Gasteiger charge is 2.17. The number of nitrogens with one attached hydrogen (secondary N) is 1. The van der Waals surface area contributed by atoms with Crippen molar-refractivity contribution in [3.8, 4) is 33.8 Å². The Morgan fingerprint density at radius 1 is 0.778 bits per heavy atom. The molecule has 0 bridgehead atoms. The average molecular weight is 488 g/mol. The van der Waals surface area contributed by atoms with E-state index in [1.807, 2.05) is 66.9 Å². The van der Waals surface area contributed by atoms with Crippen LogP contribution in [-0.2, 0) is 0 Å². The van der Waals surface area contributed by atoms with Crippen molar-refractivity contribution in [1.29, 1.82) is 0 Å². The van der Waals surface area contributed by atoms with E-state index in [-0.39, 0.29) is 5.91 Å². The van der Waals surface area contributed by atoms with Gasteiger partial charge < -0.3 is 4.42 Å². The number of para-hydroxylation sites is 1. The Balaban J connectivity index is 1.27. The van der Waals surface area contributed by atoms with E-state index >= 15 is 0 Å². The third-order valence-corrected chi connectivity index (χ3v) is 6.72. The SMILES string of the molecule is Cc1ccc(-c2cc(C(=O)Nc3nc(-c4ccc(-c5ccccc5)cc4)cs3)c3ccccc3n2)o1. The van der Waals surface area contributed by atoms with Crippen molar-refractivity contribution in [3.05, 3.63) is 114 Å². The number of furan rings is 1. The minimum atomic E-state index is -0.238. The zero-order valence-corrected chi connectivity index (χ0v) is 20.3. The third kappa shape index (κ3) is 4.30. The van der Waals surface area contributed by atoms with Gasteiger partial charge in [0.2, 0.25) is 0 Å². The van der Waals surface area contributed by atoms with Crippen LogP contribution in [0.2, 0.25) is 0 Å². The summed E-state index contributed by atoms with van der Waals surface area (Å²) in [5.41, 5.74) is 6.00. The molecule has 0 spiro atoms. The van der Waals surface area contributed by atoms with Gasteiger partial charge in [-0.3, -0.25) is 10.1 Å². The Kier molecular flexibility index (Phi) is 5.64. The molecular formula is C30H21N3O2S. The van der Waals surface area contributed by atoms with Gasteiger partial charge in [-0.15, -0.1) is 11.3 Å². The van der Waals surface area contributed by atoms with Crippen LogP contribution in [-0.4, -0.2) is 15.9 Å². The lowest BCUT2D eigenvalue weighted by atomic mass is 10.0. The van der Waals surface area contributed by atoms with Crippen molar-refractivity contribution in [2.24, 2.45) is 0 Å². The molecule has 0 unspecified atom stereocenters. The zero-order valence-electron chi connectivity index (χ0n) is 19.4. The number of carbonyl (C=O) groups is 1. The van der Waals surface area contributed by atoms with Crippen molar-refractivity contribution in [2.45, 2.75) is 6.92 Å². The molecule has 6 heteroatoms. The van der Waals surface area contributed by atoms with E-state index in [4.69, 9.17) is 9.40 Å². The first-order chi connectivity index (χ1) is 17.6. The lowest BCUT2D eigenvalue weighted by molar-refractivity contribution is 0.102. The zero-order chi connectivity index (χ0) is 24.5. The van der Waals surface area contributed by atoms with E-state index in [1.54, 1.807) is 6.07 Å². The van der Waals surface area contributed by atoms with E-state index < -0.39 is 0 Å². The van der Waals surface area contributed by atoms with Crippen LogP contribution in [0.5, 0.6) is 0 Å². The highest BCUT2D eigenvalue weighted by atomic mass is 32.1. The summed E-state index contributed by atoms with van der Waals surface area (Å²) in [5, 5.41) is 6.24. The molecule has 174 valence electrons. The molecule has 36 heavy (non-hydrogen) atoms. The van der Waals surface area contributed by atoms with E-state index in [2.05, 4.69) is 46.7 Å². The van der Waals surface area contributed by atoms with Gasteiger partial charge in [0.1, 0.15) is 11.5 Å². The maximum atomic E-state index is 13.4. The second-order valence-electron chi connectivity index (χ2n) is 8.42. The van der Waals surface area contributed by atoms with Crippen LogP contribution in [0.4, 0.5) is 5.13 Å². The van der Waals surface area contributed by atoms with Crippen molar-refractivity contribution >= 4 is 33.3 Å². The smallest absolute Gasteiger partial charge is 0.258 e. The molecule has 0 aliphatic heterocycles. The fourth-order valence-electron chi connectivity index (χ4n) is 4.15. The van der Waals surface area contributed by atoms with Crippen LogP contribution < -0.4 is 5.32 Å². The molecule has 0 aliphatic carbocycles. The van der Waals surface area contributed by atoms with Crippen molar-refractivity contribution < 1.29 is 9.21 Å². The predicted octanol–water partition coefficient (Wildman–Crippen LogP) is 7.85. The molecule has 6 aromatic rings. The maximum Gasteiger partial charge on any atom is 0.258 e. The molecule has 1 amide bonds. The number of benzene rings is 3. The molecule has 5 nitrogen and oxygen atoms in total. The lowest BCUT2D eigenvalue weighted by Crippen LogP contribution is -2.13. The summed E-state index contributed by atoms with van der Waals surface area (Å²) in [7, 11) is 0. The number of thiazole rings is 1. The number of nitrogens with zero attached hydrogens (tertiary/aromatic N) is 2. The van der Waals surface area contributed by atoms with E-state index in [1.165, 1.54) is 16.9 Å². The molecular weight excluding hydrogens is 466 g/mol. The van der Waals surface area contributed by atoms with Gasteiger partial charge in [0.05, 0.1) is 16.8 Å². The highest BCUT2D eigenvalue weighted by molar-refractivity contribution is 7.14. The number of amides is 1. The molecule has 3 aromatic carbocycles. The van der Waals surface area contributed by atoms with Gasteiger partial charge in [-0.2, -0.15) is 0 Å². The van der Waals surface area contributed by atoms with Crippen molar-refractivity contribution in [3.63, 3.8) is 0 Å². The van der Waals surface area contributed by atoms with Gasteiger partial charge in [-0.1, -0.05) is 72.8 Å². The fourth-order valence-corrected chi connectivity index (χ4v) is 4.87. The van der Waals surface area contributed by atoms with Gasteiger partial charge in [-0.05, 0) is 42.3 Å². The first-order valence-electron chi connectivity index (χ1n) is 11.5. The summed E-state index contributed by atoms with van der Waals surface area (Å²) in [6.45, 7) is 1.88. The highest BCUT2D eigenvalue weighted by Crippen LogP contribution is 2.30. The van der Waals surface area contributed by atoms with Gasteiger partial charge >= 0.3 is 0 Å². The van der Waals surface area contributed by atoms with Crippen LogP contribution in [0, 0.1) is 6.92 Å². The van der Waals surface area contributed by atoms with Crippen LogP contribution in [0.3, 0.4) is 0 Å². The maximum absolute atomic E-state index is 13.4. The second-order valence-corrected chi connectivity index (χ2v) is 9.28. The second kappa shape index (κ2) is 9.24. The summed E-state index contributed by atoms with van der Waals surface area (Å²) in [5.74, 6) is 1.18. The summed E-state index contributed by atoms with van der Waals surface area (Å²) in [6.07, 6.45) is 0. The Labute approximate surface area is 212 Å². The van der Waals surface area contributed by atoms with Crippen LogP contribution in [0.15, 0.2) is 107 Å². The molecule has 0 radical (unpaired) electrons. The normalized spacial score (nSPS) is 11.0. The average Bonchev–Trinajstić information content (AvgIpc) is 3.58. The molecule has 6 rings (SSSR count). The van der Waals surface area contributed by atoms with Gasteiger partial charge in [0, 0.05) is 16.3 Å². The number of fused-ring (bicyclic) bond motifs is 1.